The molecule has 86 valence electrons. The van der Waals surface area contributed by atoms with Crippen molar-refractivity contribution >= 4 is 17.5 Å². The van der Waals surface area contributed by atoms with Gasteiger partial charge in [-0.25, -0.2) is 4.39 Å². The van der Waals surface area contributed by atoms with Gasteiger partial charge in [0.2, 0.25) is 5.91 Å². The topological polar surface area (TPSA) is 98.2 Å². The molecule has 5 N–H and O–H groups in total. The molecule has 0 heterocycles. The molecular weight excluding hydrogens is 213 g/mol. The predicted octanol–water partition coefficient (Wildman–Crippen LogP) is 0.0115. The summed E-state index contributed by atoms with van der Waals surface area (Å²) in [6.07, 6.45) is 0. The summed E-state index contributed by atoms with van der Waals surface area (Å²) in [7, 11) is 0. The van der Waals surface area contributed by atoms with E-state index in [1.807, 2.05) is 0 Å². The van der Waals surface area contributed by atoms with Crippen LogP contribution >= 0.6 is 0 Å². The molecule has 0 spiro atoms. The first-order chi connectivity index (χ1) is 7.41. The highest BCUT2D eigenvalue weighted by molar-refractivity contribution is 5.98. The summed E-state index contributed by atoms with van der Waals surface area (Å²) in [5.41, 5.74) is 10.4. The maximum Gasteiger partial charge on any atom is 0.254 e. The van der Waals surface area contributed by atoms with Crippen LogP contribution in [0.15, 0.2) is 18.2 Å². The van der Waals surface area contributed by atoms with Crippen LogP contribution in [0.1, 0.15) is 17.3 Å². The fraction of sp³-hybridized carbons (Fsp3) is 0.200. The van der Waals surface area contributed by atoms with E-state index in [-0.39, 0.29) is 11.3 Å². The average Bonchev–Trinajstić information content (AvgIpc) is 2.21. The molecule has 0 aromatic heterocycles. The number of rotatable bonds is 3. The van der Waals surface area contributed by atoms with Crippen LogP contribution in [0.2, 0.25) is 0 Å². The van der Waals surface area contributed by atoms with E-state index >= 15 is 0 Å². The second-order valence-electron chi connectivity index (χ2n) is 3.34. The van der Waals surface area contributed by atoms with Crippen LogP contribution < -0.4 is 16.8 Å². The summed E-state index contributed by atoms with van der Waals surface area (Å²) >= 11 is 0. The summed E-state index contributed by atoms with van der Waals surface area (Å²) in [6, 6.07) is 2.75. The number of nitrogens with one attached hydrogen (secondary N) is 1. The molecule has 0 saturated carbocycles. The van der Waals surface area contributed by atoms with E-state index in [2.05, 4.69) is 5.32 Å². The summed E-state index contributed by atoms with van der Waals surface area (Å²) in [5, 5.41) is 2.25. The molecule has 0 fully saturated rings. The normalized spacial score (nSPS) is 11.9. The van der Waals surface area contributed by atoms with Gasteiger partial charge in [0.15, 0.2) is 0 Å². The number of carbonyl (C=O) groups is 2. The maximum atomic E-state index is 13.2. The monoisotopic (exact) mass is 225 g/mol. The number of anilines is 1. The molecule has 6 heteroatoms. The SMILES string of the molecule is CC(NC(=O)c1cc(N)ccc1F)C(N)=O. The molecule has 0 radical (unpaired) electrons. The second-order valence-corrected chi connectivity index (χ2v) is 3.34. The van der Waals surface area contributed by atoms with Gasteiger partial charge in [0.25, 0.3) is 5.91 Å². The Balaban J connectivity index is 2.88. The zero-order valence-electron chi connectivity index (χ0n) is 8.66. The number of primary amides is 1. The standard InChI is InChI=1S/C10H12FN3O2/c1-5(9(13)15)14-10(16)7-4-6(12)2-3-8(7)11/h2-5H,12H2,1H3,(H2,13,15)(H,14,16). The number of nitrogen functional groups attached to an aromatic ring is 1. The van der Waals surface area contributed by atoms with Gasteiger partial charge in [0, 0.05) is 5.69 Å². The molecule has 1 aromatic carbocycles. The number of hydrogen-bond donors (Lipinski definition) is 3. The molecule has 0 aliphatic rings. The summed E-state index contributed by atoms with van der Waals surface area (Å²) < 4.78 is 13.2. The summed E-state index contributed by atoms with van der Waals surface area (Å²) in [5.74, 6) is -2.13. The number of benzene rings is 1. The summed E-state index contributed by atoms with van der Waals surface area (Å²) in [4.78, 5) is 22.2. The van der Waals surface area contributed by atoms with Crippen molar-refractivity contribution in [3.63, 3.8) is 0 Å². The van der Waals surface area contributed by atoms with Gasteiger partial charge in [-0.05, 0) is 25.1 Å². The molecule has 0 aliphatic carbocycles. The average molecular weight is 225 g/mol. The number of carbonyl (C=O) groups excluding carboxylic acids is 2. The highest BCUT2D eigenvalue weighted by Gasteiger charge is 2.16. The lowest BCUT2D eigenvalue weighted by atomic mass is 10.1. The van der Waals surface area contributed by atoms with Crippen LogP contribution in [-0.2, 0) is 4.79 Å². The van der Waals surface area contributed by atoms with Gasteiger partial charge in [0.05, 0.1) is 5.56 Å². The van der Waals surface area contributed by atoms with Gasteiger partial charge in [-0.3, -0.25) is 9.59 Å². The first-order valence-corrected chi connectivity index (χ1v) is 4.57. The van der Waals surface area contributed by atoms with Crippen LogP contribution in [-0.4, -0.2) is 17.9 Å². The molecule has 0 aliphatic heterocycles. The van der Waals surface area contributed by atoms with Crippen molar-refractivity contribution in [3.05, 3.63) is 29.6 Å². The van der Waals surface area contributed by atoms with Crippen LogP contribution in [0, 0.1) is 5.82 Å². The highest BCUT2D eigenvalue weighted by atomic mass is 19.1. The maximum absolute atomic E-state index is 13.2. The third kappa shape index (κ3) is 2.69. The van der Waals surface area contributed by atoms with Crippen molar-refractivity contribution in [2.45, 2.75) is 13.0 Å². The van der Waals surface area contributed by atoms with Gasteiger partial charge in [-0.1, -0.05) is 0 Å². The van der Waals surface area contributed by atoms with E-state index in [0.29, 0.717) is 0 Å². The Morgan fingerprint density at radius 3 is 2.62 bits per heavy atom. The zero-order valence-corrected chi connectivity index (χ0v) is 8.66. The fourth-order valence-corrected chi connectivity index (χ4v) is 1.06. The molecule has 5 nitrogen and oxygen atoms in total. The highest BCUT2D eigenvalue weighted by Crippen LogP contribution is 2.11. The number of nitrogens with two attached hydrogens (primary N) is 2. The first-order valence-electron chi connectivity index (χ1n) is 4.57. The quantitative estimate of drug-likeness (QED) is 0.632. The van der Waals surface area contributed by atoms with E-state index in [1.54, 1.807) is 0 Å². The fourth-order valence-electron chi connectivity index (χ4n) is 1.06. The van der Waals surface area contributed by atoms with Crippen LogP contribution in [0.4, 0.5) is 10.1 Å². The molecule has 16 heavy (non-hydrogen) atoms. The molecule has 1 rings (SSSR count). The van der Waals surface area contributed by atoms with Crippen LogP contribution in [0.3, 0.4) is 0 Å². The Hall–Kier alpha value is -2.11. The Bertz CT molecular complexity index is 434. The van der Waals surface area contributed by atoms with E-state index < -0.39 is 23.7 Å². The Kier molecular flexibility index (Phi) is 3.44. The van der Waals surface area contributed by atoms with Crippen molar-refractivity contribution in [2.75, 3.05) is 5.73 Å². The zero-order chi connectivity index (χ0) is 12.3. The molecule has 1 aromatic rings. The smallest absolute Gasteiger partial charge is 0.254 e. The van der Waals surface area contributed by atoms with Gasteiger partial charge in [-0.15, -0.1) is 0 Å². The molecule has 2 amide bonds. The van der Waals surface area contributed by atoms with E-state index in [0.717, 1.165) is 6.07 Å². The predicted molar refractivity (Wildman–Crippen MR) is 56.9 cm³/mol. The molecule has 1 unspecified atom stereocenters. The second kappa shape index (κ2) is 4.61. The van der Waals surface area contributed by atoms with Gasteiger partial charge >= 0.3 is 0 Å². The van der Waals surface area contributed by atoms with Crippen molar-refractivity contribution in [1.29, 1.82) is 0 Å². The van der Waals surface area contributed by atoms with E-state index in [4.69, 9.17) is 11.5 Å². The lowest BCUT2D eigenvalue weighted by Crippen LogP contribution is -2.42. The molecular formula is C10H12FN3O2. The van der Waals surface area contributed by atoms with Crippen molar-refractivity contribution in [1.82, 2.24) is 5.32 Å². The number of amides is 2. The molecule has 0 saturated heterocycles. The minimum Gasteiger partial charge on any atom is -0.399 e. The van der Waals surface area contributed by atoms with Crippen molar-refractivity contribution in [2.24, 2.45) is 5.73 Å². The molecule has 0 bridgehead atoms. The Morgan fingerprint density at radius 2 is 2.06 bits per heavy atom. The van der Waals surface area contributed by atoms with Crippen molar-refractivity contribution in [3.8, 4) is 0 Å². The summed E-state index contributed by atoms with van der Waals surface area (Å²) in [6.45, 7) is 1.41. The van der Waals surface area contributed by atoms with Gasteiger partial charge in [-0.2, -0.15) is 0 Å². The lowest BCUT2D eigenvalue weighted by molar-refractivity contribution is -0.119. The minimum absolute atomic E-state index is 0.215. The van der Waals surface area contributed by atoms with Gasteiger partial charge < -0.3 is 16.8 Å². The van der Waals surface area contributed by atoms with Crippen LogP contribution in [0.25, 0.3) is 0 Å². The lowest BCUT2D eigenvalue weighted by Gasteiger charge is -2.10. The van der Waals surface area contributed by atoms with E-state index in [1.165, 1.54) is 19.1 Å². The van der Waals surface area contributed by atoms with Crippen LogP contribution in [0.5, 0.6) is 0 Å². The third-order valence-corrected chi connectivity index (χ3v) is 2.01. The van der Waals surface area contributed by atoms with Gasteiger partial charge in [0.1, 0.15) is 11.9 Å². The minimum atomic E-state index is -0.867. The number of hydrogen-bond acceptors (Lipinski definition) is 3. The Morgan fingerprint density at radius 1 is 1.44 bits per heavy atom. The number of halogens is 1. The first kappa shape index (κ1) is 12.0. The van der Waals surface area contributed by atoms with Crippen molar-refractivity contribution < 1.29 is 14.0 Å². The largest absolute Gasteiger partial charge is 0.399 e. The Labute approximate surface area is 91.6 Å². The third-order valence-electron chi connectivity index (χ3n) is 2.01. The van der Waals surface area contributed by atoms with E-state index in [9.17, 15) is 14.0 Å². The molecule has 1 atom stereocenters.